The lowest BCUT2D eigenvalue weighted by Crippen LogP contribution is -2.35. The second-order valence-electron chi connectivity index (χ2n) is 4.69. The first-order valence-electron chi connectivity index (χ1n) is 6.02. The molecule has 18 heavy (non-hydrogen) atoms. The Morgan fingerprint density at radius 1 is 1.33 bits per heavy atom. The molecule has 0 aromatic heterocycles. The summed E-state index contributed by atoms with van der Waals surface area (Å²) in [5.74, 6) is -0.130. The van der Waals surface area contributed by atoms with Crippen LogP contribution in [0.25, 0.3) is 6.08 Å². The Kier molecular flexibility index (Phi) is 5.55. The van der Waals surface area contributed by atoms with Gasteiger partial charge in [0.15, 0.2) is 0 Å². The van der Waals surface area contributed by atoms with Crippen molar-refractivity contribution in [2.75, 3.05) is 27.2 Å². The fourth-order valence-electron chi connectivity index (χ4n) is 1.47. The van der Waals surface area contributed by atoms with E-state index in [0.717, 1.165) is 5.56 Å². The lowest BCUT2D eigenvalue weighted by Gasteiger charge is -2.33. The lowest BCUT2D eigenvalue weighted by atomic mass is 10.2. The van der Waals surface area contributed by atoms with Gasteiger partial charge in [-0.15, -0.1) is 0 Å². The topological polar surface area (TPSA) is 52.2 Å². The number of carbonyl (C=O) groups is 1. The largest absolute Gasteiger partial charge is 0.633 e. The molecule has 0 saturated carbocycles. The summed E-state index contributed by atoms with van der Waals surface area (Å²) in [5.41, 5.74) is 0.991. The standard InChI is InChI=1S/C14H20N2O2/c1-16(2,18)12-6-11-15-14(17)10-9-13-7-4-3-5-8-13/h3-5,7-10H,6,11-12H2,1-2H3,(H,15,17). The molecule has 98 valence electrons. The van der Waals surface area contributed by atoms with Crippen molar-refractivity contribution in [3.63, 3.8) is 0 Å². The number of benzene rings is 1. The molecule has 4 nitrogen and oxygen atoms in total. The molecule has 0 saturated heterocycles. The molecule has 1 N–H and O–H groups in total. The van der Waals surface area contributed by atoms with Gasteiger partial charge in [0, 0.05) is 19.0 Å². The Balaban J connectivity index is 2.24. The van der Waals surface area contributed by atoms with Gasteiger partial charge in [-0.2, -0.15) is 0 Å². The molecule has 0 spiro atoms. The van der Waals surface area contributed by atoms with Crippen LogP contribution in [0.5, 0.6) is 0 Å². The van der Waals surface area contributed by atoms with Crippen LogP contribution in [0.2, 0.25) is 0 Å². The minimum absolute atomic E-state index is 0.130. The van der Waals surface area contributed by atoms with Crippen LogP contribution in [0.4, 0.5) is 0 Å². The van der Waals surface area contributed by atoms with Gasteiger partial charge >= 0.3 is 0 Å². The summed E-state index contributed by atoms with van der Waals surface area (Å²) in [7, 11) is 3.19. The van der Waals surface area contributed by atoms with E-state index in [1.165, 1.54) is 6.08 Å². The first kappa shape index (κ1) is 14.4. The van der Waals surface area contributed by atoms with Crippen molar-refractivity contribution >= 4 is 12.0 Å². The third-order valence-electron chi connectivity index (χ3n) is 2.40. The van der Waals surface area contributed by atoms with Gasteiger partial charge in [-0.05, 0) is 11.6 Å². The molecule has 0 atom stereocenters. The van der Waals surface area contributed by atoms with Gasteiger partial charge in [-0.3, -0.25) is 4.79 Å². The molecule has 0 heterocycles. The normalized spacial score (nSPS) is 11.7. The summed E-state index contributed by atoms with van der Waals surface area (Å²) in [6.07, 6.45) is 3.96. The highest BCUT2D eigenvalue weighted by Crippen LogP contribution is 2.00. The number of carbonyl (C=O) groups excluding carboxylic acids is 1. The smallest absolute Gasteiger partial charge is 0.244 e. The molecular formula is C14H20N2O2. The van der Waals surface area contributed by atoms with Gasteiger partial charge in [0.25, 0.3) is 0 Å². The Bertz CT molecular complexity index is 394. The van der Waals surface area contributed by atoms with Crippen molar-refractivity contribution in [3.8, 4) is 0 Å². The maximum Gasteiger partial charge on any atom is 0.244 e. The highest BCUT2D eigenvalue weighted by Gasteiger charge is 2.01. The molecular weight excluding hydrogens is 228 g/mol. The van der Waals surface area contributed by atoms with Gasteiger partial charge in [0.2, 0.25) is 5.91 Å². The van der Waals surface area contributed by atoms with Crippen LogP contribution in [0.15, 0.2) is 36.4 Å². The van der Waals surface area contributed by atoms with Gasteiger partial charge in [-0.1, -0.05) is 30.3 Å². The van der Waals surface area contributed by atoms with Crippen molar-refractivity contribution in [1.82, 2.24) is 5.32 Å². The minimum atomic E-state index is -0.324. The summed E-state index contributed by atoms with van der Waals surface area (Å²) in [6.45, 7) is 1.03. The highest BCUT2D eigenvalue weighted by atomic mass is 16.5. The number of nitrogens with zero attached hydrogens (tertiary/aromatic N) is 1. The lowest BCUT2D eigenvalue weighted by molar-refractivity contribution is -0.840. The van der Waals surface area contributed by atoms with Gasteiger partial charge in [0.1, 0.15) is 0 Å². The van der Waals surface area contributed by atoms with Crippen molar-refractivity contribution in [3.05, 3.63) is 47.2 Å². The molecule has 0 unspecified atom stereocenters. The second kappa shape index (κ2) is 6.93. The Labute approximate surface area is 108 Å². The number of rotatable bonds is 6. The first-order chi connectivity index (χ1) is 8.47. The van der Waals surface area contributed by atoms with E-state index in [-0.39, 0.29) is 10.6 Å². The summed E-state index contributed by atoms with van der Waals surface area (Å²) in [4.78, 5) is 11.5. The van der Waals surface area contributed by atoms with E-state index in [9.17, 15) is 10.0 Å². The number of hydrogen-bond donors (Lipinski definition) is 1. The first-order valence-corrected chi connectivity index (χ1v) is 6.02. The molecule has 0 aliphatic heterocycles. The SMILES string of the molecule is C[N+](C)([O-])CCCNC(=O)C=Cc1ccccc1. The highest BCUT2D eigenvalue weighted by molar-refractivity contribution is 5.91. The zero-order valence-electron chi connectivity index (χ0n) is 10.9. The van der Waals surface area contributed by atoms with Crippen LogP contribution in [0.1, 0.15) is 12.0 Å². The van der Waals surface area contributed by atoms with Crippen molar-refractivity contribution < 1.29 is 9.44 Å². The zero-order valence-corrected chi connectivity index (χ0v) is 10.9. The van der Waals surface area contributed by atoms with Gasteiger partial charge < -0.3 is 15.2 Å². The summed E-state index contributed by atoms with van der Waals surface area (Å²) in [6, 6.07) is 9.64. The molecule has 0 aliphatic carbocycles. The number of nitrogens with one attached hydrogen (secondary N) is 1. The Morgan fingerprint density at radius 3 is 2.61 bits per heavy atom. The number of hydrogen-bond acceptors (Lipinski definition) is 2. The molecule has 1 aromatic carbocycles. The van der Waals surface area contributed by atoms with Crippen LogP contribution >= 0.6 is 0 Å². The van der Waals surface area contributed by atoms with Crippen LogP contribution in [0, 0.1) is 5.21 Å². The summed E-state index contributed by atoms with van der Waals surface area (Å²) >= 11 is 0. The van der Waals surface area contributed by atoms with E-state index in [1.54, 1.807) is 20.2 Å². The van der Waals surface area contributed by atoms with Gasteiger partial charge in [-0.25, -0.2) is 0 Å². The summed E-state index contributed by atoms with van der Waals surface area (Å²) in [5, 5.41) is 14.0. The second-order valence-corrected chi connectivity index (χ2v) is 4.69. The van der Waals surface area contributed by atoms with Crippen LogP contribution < -0.4 is 5.32 Å². The molecule has 4 heteroatoms. The quantitative estimate of drug-likeness (QED) is 0.361. The zero-order chi connectivity index (χ0) is 13.4. The fraction of sp³-hybridized carbons (Fsp3) is 0.357. The summed E-state index contributed by atoms with van der Waals surface area (Å²) < 4.78 is -0.324. The monoisotopic (exact) mass is 248 g/mol. The van der Waals surface area contributed by atoms with E-state index in [1.807, 2.05) is 30.3 Å². The maximum absolute atomic E-state index is 11.5. The average Bonchev–Trinajstić information content (AvgIpc) is 2.32. The predicted octanol–water partition coefficient (Wildman–Crippen LogP) is 1.78. The molecule has 1 rings (SSSR count). The van der Waals surface area contributed by atoms with Crippen molar-refractivity contribution in [2.45, 2.75) is 6.42 Å². The molecule has 0 aliphatic rings. The molecule has 0 radical (unpaired) electrons. The molecule has 1 aromatic rings. The average molecular weight is 248 g/mol. The Morgan fingerprint density at radius 2 is 2.00 bits per heavy atom. The minimum Gasteiger partial charge on any atom is -0.633 e. The van der Waals surface area contributed by atoms with Crippen LogP contribution in [-0.4, -0.2) is 37.7 Å². The third-order valence-corrected chi connectivity index (χ3v) is 2.40. The Hall–Kier alpha value is -1.65. The molecule has 0 bridgehead atoms. The van der Waals surface area contributed by atoms with Crippen LogP contribution in [0.3, 0.4) is 0 Å². The number of hydroxylamine groups is 3. The number of amides is 1. The van der Waals surface area contributed by atoms with E-state index in [2.05, 4.69) is 5.32 Å². The number of quaternary nitrogens is 1. The van der Waals surface area contributed by atoms with Crippen LogP contribution in [-0.2, 0) is 4.79 Å². The fourth-order valence-corrected chi connectivity index (χ4v) is 1.47. The third kappa shape index (κ3) is 6.83. The van der Waals surface area contributed by atoms with E-state index in [0.29, 0.717) is 19.5 Å². The van der Waals surface area contributed by atoms with E-state index < -0.39 is 0 Å². The van der Waals surface area contributed by atoms with E-state index >= 15 is 0 Å². The van der Waals surface area contributed by atoms with Crippen molar-refractivity contribution in [2.24, 2.45) is 0 Å². The van der Waals surface area contributed by atoms with E-state index in [4.69, 9.17) is 0 Å². The van der Waals surface area contributed by atoms with Gasteiger partial charge in [0.05, 0.1) is 20.6 Å². The molecule has 1 amide bonds. The van der Waals surface area contributed by atoms with Crippen molar-refractivity contribution in [1.29, 1.82) is 0 Å². The molecule has 0 fully saturated rings. The predicted molar refractivity (Wildman–Crippen MR) is 73.4 cm³/mol. The maximum atomic E-state index is 11.5.